The highest BCUT2D eigenvalue weighted by atomic mass is 32.2. The third-order valence-corrected chi connectivity index (χ3v) is 6.25. The largest absolute Gasteiger partial charge is 0.358 e. The van der Waals surface area contributed by atoms with Crippen molar-refractivity contribution in [2.75, 3.05) is 0 Å². The molecule has 2 heterocycles. The maximum atomic E-state index is 13.2. The minimum atomic E-state index is -0.951. The average molecular weight is 392 g/mol. The zero-order valence-corrected chi connectivity index (χ0v) is 16.9. The van der Waals surface area contributed by atoms with Crippen molar-refractivity contribution in [2.45, 2.75) is 32.9 Å². The van der Waals surface area contributed by atoms with E-state index in [4.69, 9.17) is 0 Å². The number of carbonyl (C=O) groups excluding carboxylic acids is 2. The average Bonchev–Trinajstić information content (AvgIpc) is 2.96. The first-order chi connectivity index (χ1) is 13.2. The van der Waals surface area contributed by atoms with Gasteiger partial charge in [0.05, 0.1) is 28.0 Å². The summed E-state index contributed by atoms with van der Waals surface area (Å²) in [7, 11) is 0. The lowest BCUT2D eigenvalue weighted by Gasteiger charge is -2.35. The number of aryl methyl sites for hydroxylation is 1. The van der Waals surface area contributed by atoms with Crippen molar-refractivity contribution in [3.63, 3.8) is 0 Å². The van der Waals surface area contributed by atoms with Crippen LogP contribution in [0.3, 0.4) is 0 Å². The van der Waals surface area contributed by atoms with Crippen LogP contribution in [0.25, 0.3) is 10.9 Å². The van der Waals surface area contributed by atoms with Crippen molar-refractivity contribution in [3.05, 3.63) is 46.1 Å². The predicted octanol–water partition coefficient (Wildman–Crippen LogP) is 3.81. The highest BCUT2D eigenvalue weighted by Crippen LogP contribution is 2.43. The quantitative estimate of drug-likeness (QED) is 0.769. The van der Waals surface area contributed by atoms with Crippen molar-refractivity contribution in [2.24, 2.45) is 11.3 Å². The van der Waals surface area contributed by atoms with Crippen LogP contribution in [-0.4, -0.2) is 21.9 Å². The van der Waals surface area contributed by atoms with Gasteiger partial charge in [-0.3, -0.25) is 9.59 Å². The molecular formula is C21H20N4O2S. The van der Waals surface area contributed by atoms with Gasteiger partial charge in [-0.1, -0.05) is 43.8 Å². The number of fused-ring (bicyclic) bond motifs is 1. The van der Waals surface area contributed by atoms with Crippen LogP contribution in [0.15, 0.2) is 34.9 Å². The number of nitriles is 2. The molecule has 0 fully saturated rings. The summed E-state index contributed by atoms with van der Waals surface area (Å²) in [5.41, 5.74) is 1.69. The SMILES string of the molecule is Cc1[nH]c2ccccc2c1C(=O)[C@H](C)SC1=C(C#N)C(C)(C)[C@@H](C#N)C(=O)N1. The summed E-state index contributed by atoms with van der Waals surface area (Å²) in [6.07, 6.45) is 0. The molecule has 6 nitrogen and oxygen atoms in total. The minimum absolute atomic E-state index is 0.0841. The molecule has 2 N–H and O–H groups in total. The Hall–Kier alpha value is -3.03. The van der Waals surface area contributed by atoms with E-state index in [-0.39, 0.29) is 5.78 Å². The van der Waals surface area contributed by atoms with Gasteiger partial charge in [0.15, 0.2) is 5.78 Å². The molecule has 0 bridgehead atoms. The number of H-pyrrole nitrogens is 1. The Morgan fingerprint density at radius 3 is 2.61 bits per heavy atom. The molecule has 1 aliphatic heterocycles. The van der Waals surface area contributed by atoms with Gasteiger partial charge in [-0.25, -0.2) is 0 Å². The van der Waals surface area contributed by atoms with Gasteiger partial charge >= 0.3 is 0 Å². The first-order valence-corrected chi connectivity index (χ1v) is 9.73. The lowest BCUT2D eigenvalue weighted by molar-refractivity contribution is -0.125. The van der Waals surface area contributed by atoms with Crippen molar-refractivity contribution < 1.29 is 9.59 Å². The molecule has 7 heteroatoms. The Morgan fingerprint density at radius 1 is 1.29 bits per heavy atom. The third-order valence-electron chi connectivity index (χ3n) is 5.14. The number of amides is 1. The summed E-state index contributed by atoms with van der Waals surface area (Å²) < 4.78 is 0. The van der Waals surface area contributed by atoms with Gasteiger partial charge in [0, 0.05) is 27.6 Å². The molecule has 0 unspecified atom stereocenters. The summed E-state index contributed by atoms with van der Waals surface area (Å²) in [5.74, 6) is -1.48. The zero-order valence-electron chi connectivity index (χ0n) is 16.1. The number of rotatable bonds is 4. The highest BCUT2D eigenvalue weighted by molar-refractivity contribution is 8.04. The van der Waals surface area contributed by atoms with Gasteiger partial charge in [-0.15, -0.1) is 0 Å². The molecule has 0 saturated heterocycles. The second-order valence-electron chi connectivity index (χ2n) is 7.38. The van der Waals surface area contributed by atoms with Gasteiger partial charge in [-0.05, 0) is 19.9 Å². The van der Waals surface area contributed by atoms with Gasteiger partial charge in [0.2, 0.25) is 5.91 Å². The van der Waals surface area contributed by atoms with Crippen molar-refractivity contribution >= 4 is 34.4 Å². The minimum Gasteiger partial charge on any atom is -0.358 e. The Kier molecular flexibility index (Phi) is 5.06. The second kappa shape index (κ2) is 7.18. The van der Waals surface area contributed by atoms with Crippen LogP contribution in [0.1, 0.15) is 36.8 Å². The van der Waals surface area contributed by atoms with Crippen LogP contribution in [0, 0.1) is 40.9 Å². The molecule has 0 saturated carbocycles. The molecular weight excluding hydrogens is 372 g/mol. The zero-order chi connectivity index (χ0) is 20.6. The number of carbonyl (C=O) groups is 2. The number of aromatic nitrogens is 1. The molecule has 0 radical (unpaired) electrons. The summed E-state index contributed by atoms with van der Waals surface area (Å²) in [5, 5.41) is 22.3. The topological polar surface area (TPSA) is 110 Å². The van der Waals surface area contributed by atoms with Crippen molar-refractivity contribution in [1.29, 1.82) is 10.5 Å². The molecule has 142 valence electrons. The van der Waals surface area contributed by atoms with E-state index < -0.39 is 22.5 Å². The fourth-order valence-electron chi connectivity index (χ4n) is 3.54. The third kappa shape index (κ3) is 3.08. The maximum absolute atomic E-state index is 13.2. The van der Waals surface area contributed by atoms with Crippen molar-refractivity contribution in [3.8, 4) is 12.1 Å². The van der Waals surface area contributed by atoms with Gasteiger partial charge in [0.25, 0.3) is 0 Å². The predicted molar refractivity (Wildman–Crippen MR) is 108 cm³/mol. The normalized spacial score (nSPS) is 19.6. The van der Waals surface area contributed by atoms with Gasteiger partial charge < -0.3 is 10.3 Å². The van der Waals surface area contributed by atoms with Crippen LogP contribution in [-0.2, 0) is 4.79 Å². The molecule has 1 amide bonds. The maximum Gasteiger partial charge on any atom is 0.243 e. The number of benzene rings is 1. The van der Waals surface area contributed by atoms with E-state index in [9.17, 15) is 20.1 Å². The van der Waals surface area contributed by atoms with E-state index in [0.717, 1.165) is 28.4 Å². The standard InChI is InChI=1S/C21H20N4O2S/c1-11-17(13-7-5-6-8-16(13)24-11)18(26)12(2)28-20-15(10-23)21(3,4)14(9-22)19(27)25-20/h5-8,12,14,24H,1-4H3,(H,25,27)/t12-,14-/m0/s1. The van der Waals surface area contributed by atoms with E-state index in [1.54, 1.807) is 20.8 Å². The van der Waals surface area contributed by atoms with Gasteiger partial charge in [-0.2, -0.15) is 10.5 Å². The lowest BCUT2D eigenvalue weighted by atomic mass is 9.72. The summed E-state index contributed by atoms with van der Waals surface area (Å²) in [4.78, 5) is 28.7. The molecule has 1 aliphatic rings. The number of thioether (sulfide) groups is 1. The molecule has 28 heavy (non-hydrogen) atoms. The van der Waals surface area contributed by atoms with E-state index in [1.807, 2.05) is 37.3 Å². The first-order valence-electron chi connectivity index (χ1n) is 8.85. The second-order valence-corrected chi connectivity index (χ2v) is 8.73. The fraction of sp³-hybridized carbons (Fsp3) is 0.333. The lowest BCUT2D eigenvalue weighted by Crippen LogP contribution is -2.45. The number of allylic oxidation sites excluding steroid dienone is 1. The number of nitrogens with one attached hydrogen (secondary N) is 2. The van der Waals surface area contributed by atoms with Crippen LogP contribution in [0.5, 0.6) is 0 Å². The fourth-order valence-corrected chi connectivity index (χ4v) is 4.71. The number of nitrogens with zero attached hydrogens (tertiary/aromatic N) is 2. The summed E-state index contributed by atoms with van der Waals surface area (Å²) in [6.45, 7) is 7.02. The Morgan fingerprint density at radius 2 is 1.96 bits per heavy atom. The number of hydrogen-bond donors (Lipinski definition) is 2. The van der Waals surface area contributed by atoms with Gasteiger partial charge in [0.1, 0.15) is 5.92 Å². The number of hydrogen-bond acceptors (Lipinski definition) is 5. The number of aromatic amines is 1. The Balaban J connectivity index is 1.97. The smallest absolute Gasteiger partial charge is 0.243 e. The number of ketones is 1. The van der Waals surface area contributed by atoms with E-state index >= 15 is 0 Å². The van der Waals surface area contributed by atoms with Crippen molar-refractivity contribution in [1.82, 2.24) is 10.3 Å². The van der Waals surface area contributed by atoms with E-state index in [1.165, 1.54) is 0 Å². The Bertz CT molecular complexity index is 1100. The molecule has 3 rings (SSSR count). The summed E-state index contributed by atoms with van der Waals surface area (Å²) >= 11 is 1.15. The van der Waals surface area contributed by atoms with Crippen LogP contribution >= 0.6 is 11.8 Å². The molecule has 1 aromatic carbocycles. The molecule has 2 atom stereocenters. The number of Topliss-reactive ketones (excluding diaryl/α,β-unsaturated/α-hetero) is 1. The van der Waals surface area contributed by atoms with Crippen LogP contribution in [0.4, 0.5) is 0 Å². The molecule has 1 aromatic heterocycles. The highest BCUT2D eigenvalue weighted by Gasteiger charge is 2.45. The molecule has 0 spiro atoms. The Labute approximate surface area is 167 Å². The summed E-state index contributed by atoms with van der Waals surface area (Å²) in [6, 6.07) is 11.7. The first kappa shape index (κ1) is 19.7. The number of para-hydroxylation sites is 1. The monoisotopic (exact) mass is 392 g/mol. The van der Waals surface area contributed by atoms with Crippen LogP contribution < -0.4 is 5.32 Å². The van der Waals surface area contributed by atoms with E-state index in [0.29, 0.717) is 16.2 Å². The van der Waals surface area contributed by atoms with E-state index in [2.05, 4.69) is 16.4 Å². The molecule has 2 aromatic rings. The van der Waals surface area contributed by atoms with Crippen LogP contribution in [0.2, 0.25) is 0 Å². The molecule has 0 aliphatic carbocycles.